The summed E-state index contributed by atoms with van der Waals surface area (Å²) in [4.78, 5) is 29.1. The number of hydrogen-bond donors (Lipinski definition) is 2. The number of anilines is 2. The molecule has 0 radical (unpaired) electrons. The Morgan fingerprint density at radius 2 is 1.62 bits per heavy atom. The molecule has 1 fully saturated rings. The summed E-state index contributed by atoms with van der Waals surface area (Å²) in [5, 5.41) is 12.5. The summed E-state index contributed by atoms with van der Waals surface area (Å²) in [6, 6.07) is 18.8. The number of carbonyl (C=O) groups is 1. The minimum absolute atomic E-state index is 0.259. The number of carboxylic acids is 1. The SMILES string of the molecule is O=C(O)c1ccc(NC(=NCCc2ccccc2)N2CCN(c3ncccn3)CC2)cc1. The standard InChI is InChI=1S/C24H26N6O2/c31-22(32)20-7-9-21(10-8-20)28-24(27-14-11-19-5-2-1-3-6-19)30-17-15-29(16-18-30)23-25-12-4-13-26-23/h1-10,12-13H,11,14-18H2,(H,27,28)(H,31,32). The van der Waals surface area contributed by atoms with Crippen LogP contribution in [-0.2, 0) is 6.42 Å². The van der Waals surface area contributed by atoms with E-state index in [0.29, 0.717) is 6.54 Å². The van der Waals surface area contributed by atoms with Gasteiger partial charge >= 0.3 is 5.97 Å². The monoisotopic (exact) mass is 430 g/mol. The van der Waals surface area contributed by atoms with Gasteiger partial charge in [-0.25, -0.2) is 14.8 Å². The fourth-order valence-electron chi connectivity index (χ4n) is 3.55. The fraction of sp³-hybridized carbons (Fsp3) is 0.250. The second-order valence-electron chi connectivity index (χ2n) is 7.47. The topological polar surface area (TPSA) is 93.9 Å². The number of carboxylic acid groups (broad SMARTS) is 1. The van der Waals surface area contributed by atoms with Crippen molar-refractivity contribution in [1.29, 1.82) is 0 Å². The Hall–Kier alpha value is -3.94. The van der Waals surface area contributed by atoms with Gasteiger partial charge in [-0.1, -0.05) is 30.3 Å². The number of hydrogen-bond acceptors (Lipinski definition) is 5. The molecule has 0 aliphatic carbocycles. The van der Waals surface area contributed by atoms with Gasteiger partial charge in [0.05, 0.1) is 5.56 Å². The number of piperazine rings is 1. The third-order valence-electron chi connectivity index (χ3n) is 5.31. The molecule has 1 aliphatic heterocycles. The van der Waals surface area contributed by atoms with Crippen molar-refractivity contribution < 1.29 is 9.90 Å². The van der Waals surface area contributed by atoms with Gasteiger partial charge in [0.1, 0.15) is 0 Å². The van der Waals surface area contributed by atoms with Crippen LogP contribution in [0.4, 0.5) is 11.6 Å². The summed E-state index contributed by atoms with van der Waals surface area (Å²) < 4.78 is 0. The zero-order valence-electron chi connectivity index (χ0n) is 17.8. The van der Waals surface area contributed by atoms with E-state index in [9.17, 15) is 4.79 Å². The Morgan fingerprint density at radius 3 is 2.28 bits per heavy atom. The van der Waals surface area contributed by atoms with Crippen molar-refractivity contribution in [3.8, 4) is 0 Å². The van der Waals surface area contributed by atoms with Crippen LogP contribution in [0.25, 0.3) is 0 Å². The van der Waals surface area contributed by atoms with Gasteiger partial charge in [-0.05, 0) is 42.3 Å². The molecule has 0 saturated carbocycles. The molecule has 0 spiro atoms. The zero-order valence-corrected chi connectivity index (χ0v) is 17.8. The molecule has 3 aromatic rings. The summed E-state index contributed by atoms with van der Waals surface area (Å²) in [5.74, 6) is 0.595. The molecule has 2 heterocycles. The maximum absolute atomic E-state index is 11.1. The van der Waals surface area contributed by atoms with Gasteiger partial charge in [0.25, 0.3) is 0 Å². The van der Waals surface area contributed by atoms with Crippen LogP contribution in [0.15, 0.2) is 78.0 Å². The Labute approximate surface area is 187 Å². The number of rotatable bonds is 6. The minimum atomic E-state index is -0.937. The fourth-order valence-corrected chi connectivity index (χ4v) is 3.55. The average molecular weight is 431 g/mol. The summed E-state index contributed by atoms with van der Waals surface area (Å²) in [7, 11) is 0. The van der Waals surface area contributed by atoms with Gasteiger partial charge in [0.15, 0.2) is 5.96 Å². The lowest BCUT2D eigenvalue weighted by molar-refractivity contribution is 0.0697. The molecule has 1 saturated heterocycles. The van der Waals surface area contributed by atoms with Crippen molar-refractivity contribution in [1.82, 2.24) is 14.9 Å². The third-order valence-corrected chi connectivity index (χ3v) is 5.31. The highest BCUT2D eigenvalue weighted by molar-refractivity contribution is 5.94. The molecule has 0 atom stereocenters. The lowest BCUT2D eigenvalue weighted by atomic mass is 10.2. The summed E-state index contributed by atoms with van der Waals surface area (Å²) in [5.41, 5.74) is 2.31. The van der Waals surface area contributed by atoms with Crippen LogP contribution in [0.3, 0.4) is 0 Å². The van der Waals surface area contributed by atoms with E-state index in [1.807, 2.05) is 24.3 Å². The van der Waals surface area contributed by atoms with Crippen molar-refractivity contribution >= 4 is 23.6 Å². The Balaban J connectivity index is 1.45. The number of aliphatic imine (C=N–C) groups is 1. The van der Waals surface area contributed by atoms with Crippen LogP contribution >= 0.6 is 0 Å². The molecule has 0 unspecified atom stereocenters. The third kappa shape index (κ3) is 5.60. The number of nitrogens with zero attached hydrogens (tertiary/aromatic N) is 5. The maximum Gasteiger partial charge on any atom is 0.335 e. The van der Waals surface area contributed by atoms with Crippen molar-refractivity contribution in [2.45, 2.75) is 6.42 Å². The molecule has 0 bridgehead atoms. The van der Waals surface area contributed by atoms with Crippen LogP contribution in [0.1, 0.15) is 15.9 Å². The van der Waals surface area contributed by atoms with Gasteiger partial charge in [-0.3, -0.25) is 4.99 Å². The van der Waals surface area contributed by atoms with E-state index < -0.39 is 5.97 Å². The predicted octanol–water partition coefficient (Wildman–Crippen LogP) is 3.01. The highest BCUT2D eigenvalue weighted by atomic mass is 16.4. The maximum atomic E-state index is 11.1. The Morgan fingerprint density at radius 1 is 0.938 bits per heavy atom. The first-order valence-corrected chi connectivity index (χ1v) is 10.6. The van der Waals surface area contributed by atoms with Crippen molar-refractivity contribution in [3.63, 3.8) is 0 Å². The van der Waals surface area contributed by atoms with Crippen LogP contribution in [-0.4, -0.2) is 64.6 Å². The highest BCUT2D eigenvalue weighted by Crippen LogP contribution is 2.14. The molecule has 32 heavy (non-hydrogen) atoms. The van der Waals surface area contributed by atoms with Crippen LogP contribution in [0.5, 0.6) is 0 Å². The normalized spacial score (nSPS) is 14.3. The van der Waals surface area contributed by atoms with Gasteiger partial charge < -0.3 is 20.2 Å². The molecule has 0 amide bonds. The van der Waals surface area contributed by atoms with Gasteiger partial charge in [-0.2, -0.15) is 0 Å². The molecule has 8 nitrogen and oxygen atoms in total. The number of guanidine groups is 1. The Kier molecular flexibility index (Phi) is 6.91. The number of aromatic carboxylic acids is 1. The van der Waals surface area contributed by atoms with Crippen LogP contribution in [0, 0.1) is 0 Å². The lowest BCUT2D eigenvalue weighted by Crippen LogP contribution is -2.51. The van der Waals surface area contributed by atoms with Crippen LogP contribution < -0.4 is 10.2 Å². The molecule has 2 aromatic carbocycles. The van der Waals surface area contributed by atoms with Gasteiger partial charge in [-0.15, -0.1) is 0 Å². The summed E-state index contributed by atoms with van der Waals surface area (Å²) in [6.07, 6.45) is 4.36. The second-order valence-corrected chi connectivity index (χ2v) is 7.47. The molecule has 4 rings (SSSR count). The van der Waals surface area contributed by atoms with E-state index in [0.717, 1.165) is 50.2 Å². The van der Waals surface area contributed by atoms with E-state index >= 15 is 0 Å². The number of nitrogens with one attached hydrogen (secondary N) is 1. The van der Waals surface area contributed by atoms with E-state index in [4.69, 9.17) is 10.1 Å². The van der Waals surface area contributed by atoms with Crippen molar-refractivity contribution in [3.05, 3.63) is 84.2 Å². The summed E-state index contributed by atoms with van der Waals surface area (Å²) in [6.45, 7) is 3.80. The first-order valence-electron chi connectivity index (χ1n) is 10.6. The van der Waals surface area contributed by atoms with E-state index in [-0.39, 0.29) is 5.56 Å². The molecule has 2 N–H and O–H groups in total. The van der Waals surface area contributed by atoms with Gasteiger partial charge in [0, 0.05) is 50.8 Å². The largest absolute Gasteiger partial charge is 0.478 e. The molecule has 1 aromatic heterocycles. The Bertz CT molecular complexity index is 1030. The molecule has 1 aliphatic rings. The van der Waals surface area contributed by atoms with Crippen molar-refractivity contribution in [2.24, 2.45) is 4.99 Å². The lowest BCUT2D eigenvalue weighted by Gasteiger charge is -2.36. The van der Waals surface area contributed by atoms with Gasteiger partial charge in [0.2, 0.25) is 5.95 Å². The highest BCUT2D eigenvalue weighted by Gasteiger charge is 2.21. The number of benzene rings is 2. The first-order chi connectivity index (χ1) is 15.7. The number of aromatic nitrogens is 2. The predicted molar refractivity (Wildman–Crippen MR) is 125 cm³/mol. The van der Waals surface area contributed by atoms with E-state index in [2.05, 4.69) is 37.2 Å². The molecule has 164 valence electrons. The second kappa shape index (κ2) is 10.4. The smallest absolute Gasteiger partial charge is 0.335 e. The van der Waals surface area contributed by atoms with Crippen LogP contribution in [0.2, 0.25) is 0 Å². The minimum Gasteiger partial charge on any atom is -0.478 e. The zero-order chi connectivity index (χ0) is 22.2. The molecular formula is C24H26N6O2. The van der Waals surface area contributed by atoms with Crippen molar-refractivity contribution in [2.75, 3.05) is 42.9 Å². The van der Waals surface area contributed by atoms with E-state index in [1.165, 1.54) is 5.56 Å². The molecular weight excluding hydrogens is 404 g/mol. The van der Waals surface area contributed by atoms with E-state index in [1.54, 1.807) is 36.7 Å². The molecule has 8 heteroatoms. The quantitative estimate of drug-likeness (QED) is 0.459. The average Bonchev–Trinajstić information content (AvgIpc) is 2.85. The first kappa shape index (κ1) is 21.3. The summed E-state index contributed by atoms with van der Waals surface area (Å²) >= 11 is 0.